The molecule has 0 spiro atoms. The molecule has 0 aromatic heterocycles. The van der Waals surface area contributed by atoms with E-state index >= 15 is 0 Å². The van der Waals surface area contributed by atoms with E-state index in [0.29, 0.717) is 12.3 Å². The van der Waals surface area contributed by atoms with Gasteiger partial charge in [-0.25, -0.2) is 9.52 Å². The normalized spacial score (nSPS) is 13.2. The third-order valence-corrected chi connectivity index (χ3v) is 2.92. The summed E-state index contributed by atoms with van der Waals surface area (Å²) in [5, 5.41) is 0. The molecular weight excluding hydrogens is 256 g/mol. The summed E-state index contributed by atoms with van der Waals surface area (Å²) in [7, 11) is -3.83. The zero-order chi connectivity index (χ0) is 12.6. The van der Waals surface area contributed by atoms with Crippen molar-refractivity contribution in [1.29, 1.82) is 0 Å². The van der Waals surface area contributed by atoms with Crippen molar-refractivity contribution in [3.8, 4) is 0 Å². The zero-order valence-corrected chi connectivity index (χ0v) is 10.9. The Morgan fingerprint density at radius 1 is 1.50 bits per heavy atom. The monoisotopic (exact) mass is 272 g/mol. The highest BCUT2D eigenvalue weighted by Crippen LogP contribution is 2.01. The number of nitrogens with one attached hydrogen (secondary N) is 2. The van der Waals surface area contributed by atoms with E-state index in [1.807, 2.05) is 6.92 Å². The smallest absolute Gasteiger partial charge is 0.421 e. The number of hydrogen-bond acceptors (Lipinski definition) is 4. The Morgan fingerprint density at radius 3 is 2.62 bits per heavy atom. The lowest BCUT2D eigenvalue weighted by molar-refractivity contribution is 0.158. The summed E-state index contributed by atoms with van der Waals surface area (Å²) in [4.78, 5) is 10.9. The van der Waals surface area contributed by atoms with E-state index in [1.54, 1.807) is 11.6 Å². The van der Waals surface area contributed by atoms with Gasteiger partial charge in [0.2, 0.25) is 0 Å². The average Bonchev–Trinajstić information content (AvgIpc) is 2.15. The first-order chi connectivity index (χ1) is 7.41. The lowest BCUT2D eigenvalue weighted by Gasteiger charge is -2.11. The van der Waals surface area contributed by atoms with Crippen molar-refractivity contribution in [3.63, 3.8) is 0 Å². The van der Waals surface area contributed by atoms with Crippen molar-refractivity contribution in [3.05, 3.63) is 0 Å². The second kappa shape index (κ2) is 7.70. The van der Waals surface area contributed by atoms with E-state index in [1.165, 1.54) is 0 Å². The molecule has 2 N–H and O–H groups in total. The molecule has 0 aromatic carbocycles. The van der Waals surface area contributed by atoms with E-state index in [4.69, 9.17) is 11.6 Å². The van der Waals surface area contributed by atoms with Crippen molar-refractivity contribution in [1.82, 2.24) is 9.44 Å². The van der Waals surface area contributed by atoms with Crippen molar-refractivity contribution < 1.29 is 17.9 Å². The van der Waals surface area contributed by atoms with Crippen molar-refractivity contribution >= 4 is 27.9 Å². The van der Waals surface area contributed by atoms with Gasteiger partial charge < -0.3 is 4.74 Å². The Kier molecular flexibility index (Phi) is 7.44. The summed E-state index contributed by atoms with van der Waals surface area (Å²) in [5.41, 5.74) is 0. The first-order valence-electron chi connectivity index (χ1n) is 4.91. The minimum absolute atomic E-state index is 0.108. The minimum Gasteiger partial charge on any atom is -0.449 e. The van der Waals surface area contributed by atoms with Crippen LogP contribution in [0.25, 0.3) is 0 Å². The summed E-state index contributed by atoms with van der Waals surface area (Å²) < 4.78 is 30.9. The van der Waals surface area contributed by atoms with Gasteiger partial charge in [0, 0.05) is 12.4 Å². The van der Waals surface area contributed by atoms with E-state index in [0.717, 1.165) is 0 Å². The molecule has 96 valence electrons. The Balaban J connectivity index is 4.01. The zero-order valence-electron chi connectivity index (χ0n) is 9.32. The maximum absolute atomic E-state index is 11.3. The second-order valence-electron chi connectivity index (χ2n) is 3.26. The molecule has 0 aromatic rings. The van der Waals surface area contributed by atoms with Gasteiger partial charge in [0.25, 0.3) is 0 Å². The van der Waals surface area contributed by atoms with Crippen LogP contribution >= 0.6 is 11.6 Å². The maximum Gasteiger partial charge on any atom is 0.421 e. The Bertz CT molecular complexity index is 307. The predicted molar refractivity (Wildman–Crippen MR) is 61.6 cm³/mol. The highest BCUT2D eigenvalue weighted by atomic mass is 35.5. The predicted octanol–water partition coefficient (Wildman–Crippen LogP) is 0.832. The van der Waals surface area contributed by atoms with Gasteiger partial charge in [-0.3, -0.25) is 0 Å². The molecule has 8 heteroatoms. The van der Waals surface area contributed by atoms with E-state index in [-0.39, 0.29) is 19.1 Å². The molecule has 0 saturated carbocycles. The molecule has 0 aliphatic carbocycles. The fraction of sp³-hybridized carbons (Fsp3) is 0.875. The van der Waals surface area contributed by atoms with Crippen LogP contribution in [0.5, 0.6) is 0 Å². The molecular formula is C8H17ClN2O4S. The maximum atomic E-state index is 11.3. The average molecular weight is 273 g/mol. The summed E-state index contributed by atoms with van der Waals surface area (Å²) in [6, 6.07) is 0. The van der Waals surface area contributed by atoms with E-state index in [2.05, 4.69) is 9.46 Å². The molecule has 0 fully saturated rings. The van der Waals surface area contributed by atoms with Crippen LogP contribution in [0, 0.1) is 5.92 Å². The molecule has 0 radical (unpaired) electrons. The second-order valence-corrected chi connectivity index (χ2v) is 5.13. The quantitative estimate of drug-likeness (QED) is 0.673. The third-order valence-electron chi connectivity index (χ3n) is 1.72. The fourth-order valence-electron chi connectivity index (χ4n) is 0.847. The van der Waals surface area contributed by atoms with Crippen LogP contribution in [0.3, 0.4) is 0 Å². The Labute approximate surface area is 101 Å². The van der Waals surface area contributed by atoms with Gasteiger partial charge in [-0.15, -0.1) is 11.6 Å². The summed E-state index contributed by atoms with van der Waals surface area (Å²) in [6.45, 7) is 3.78. The Morgan fingerprint density at radius 2 is 2.12 bits per heavy atom. The Hall–Kier alpha value is -0.530. The highest BCUT2D eigenvalue weighted by Gasteiger charge is 2.15. The van der Waals surface area contributed by atoms with Crippen molar-refractivity contribution in [2.24, 2.45) is 5.92 Å². The largest absolute Gasteiger partial charge is 0.449 e. The van der Waals surface area contributed by atoms with Crippen LogP contribution in [0.15, 0.2) is 0 Å². The topological polar surface area (TPSA) is 84.5 Å². The van der Waals surface area contributed by atoms with Crippen LogP contribution < -0.4 is 9.44 Å². The standard InChI is InChI=1S/C8H17ClN2O4S/c1-3-15-8(12)11-16(13,14)10-6-7(2)4-5-9/h7,10H,3-6H2,1-2H3,(H,11,12). The van der Waals surface area contributed by atoms with Crippen LogP contribution in [-0.2, 0) is 14.9 Å². The van der Waals surface area contributed by atoms with Gasteiger partial charge in [-0.1, -0.05) is 6.92 Å². The number of alkyl halides is 1. The molecule has 0 rings (SSSR count). The van der Waals surface area contributed by atoms with Crippen LogP contribution in [0.4, 0.5) is 4.79 Å². The highest BCUT2D eigenvalue weighted by molar-refractivity contribution is 7.88. The van der Waals surface area contributed by atoms with Gasteiger partial charge in [0.15, 0.2) is 0 Å². The number of ether oxygens (including phenoxy) is 1. The fourth-order valence-corrected chi connectivity index (χ4v) is 2.07. The van der Waals surface area contributed by atoms with E-state index in [9.17, 15) is 13.2 Å². The van der Waals surface area contributed by atoms with E-state index < -0.39 is 16.3 Å². The van der Waals surface area contributed by atoms with Gasteiger partial charge in [0.1, 0.15) is 0 Å². The van der Waals surface area contributed by atoms with Crippen molar-refractivity contribution in [2.45, 2.75) is 20.3 Å². The van der Waals surface area contributed by atoms with Gasteiger partial charge in [-0.05, 0) is 19.3 Å². The minimum atomic E-state index is -3.83. The molecule has 6 nitrogen and oxygen atoms in total. The number of carbonyl (C=O) groups is 1. The molecule has 0 saturated heterocycles. The number of carbonyl (C=O) groups excluding carboxylic acids is 1. The third kappa shape index (κ3) is 7.72. The van der Waals surface area contributed by atoms with Crippen LogP contribution in [-0.4, -0.2) is 33.5 Å². The summed E-state index contributed by atoms with van der Waals surface area (Å²) >= 11 is 5.50. The van der Waals surface area contributed by atoms with Crippen LogP contribution in [0.2, 0.25) is 0 Å². The molecule has 16 heavy (non-hydrogen) atoms. The summed E-state index contributed by atoms with van der Waals surface area (Å²) in [6.07, 6.45) is -0.288. The molecule has 0 heterocycles. The lowest BCUT2D eigenvalue weighted by atomic mass is 10.1. The van der Waals surface area contributed by atoms with Gasteiger partial charge in [-0.2, -0.15) is 13.1 Å². The molecule has 1 amide bonds. The first-order valence-corrected chi connectivity index (χ1v) is 6.93. The number of amides is 1. The number of halogens is 1. The summed E-state index contributed by atoms with van der Waals surface area (Å²) in [5.74, 6) is 0.574. The SMILES string of the molecule is CCOC(=O)NS(=O)(=O)NCC(C)CCCl. The van der Waals surface area contributed by atoms with Gasteiger partial charge >= 0.3 is 16.3 Å². The molecule has 0 bridgehead atoms. The molecule has 0 aliphatic rings. The first kappa shape index (κ1) is 15.5. The molecule has 0 aliphatic heterocycles. The lowest BCUT2D eigenvalue weighted by Crippen LogP contribution is -2.42. The van der Waals surface area contributed by atoms with Gasteiger partial charge in [0.05, 0.1) is 6.61 Å². The number of hydrogen-bond donors (Lipinski definition) is 2. The molecule has 1 unspecified atom stereocenters. The van der Waals surface area contributed by atoms with Crippen molar-refractivity contribution in [2.75, 3.05) is 19.0 Å². The number of rotatable bonds is 7. The molecule has 1 atom stereocenters. The van der Waals surface area contributed by atoms with Crippen LogP contribution in [0.1, 0.15) is 20.3 Å².